The van der Waals surface area contributed by atoms with Crippen LogP contribution in [0, 0.1) is 0 Å². The number of nitrogens with one attached hydrogen (secondary N) is 2. The van der Waals surface area contributed by atoms with Crippen molar-refractivity contribution in [3.05, 3.63) is 0 Å². The number of rotatable bonds is 6. The van der Waals surface area contributed by atoms with Crippen molar-refractivity contribution >= 4 is 51.7 Å². The van der Waals surface area contributed by atoms with Crippen LogP contribution in [0.5, 0.6) is 0 Å². The van der Waals surface area contributed by atoms with Crippen molar-refractivity contribution in [2.75, 3.05) is 38.2 Å². The average Bonchev–Trinajstić information content (AvgIpc) is 3.06. The second-order valence-corrected chi connectivity index (χ2v) is 9.07. The van der Waals surface area contributed by atoms with Crippen LogP contribution in [0.25, 0.3) is 0 Å². The molecule has 0 aromatic carbocycles. The van der Waals surface area contributed by atoms with Crippen molar-refractivity contribution in [2.24, 2.45) is 4.99 Å². The van der Waals surface area contributed by atoms with E-state index in [1.54, 1.807) is 4.31 Å². The zero-order chi connectivity index (χ0) is 16.0. The number of hydrogen-bond donors (Lipinski definition) is 2. The van der Waals surface area contributed by atoms with Crippen LogP contribution >= 0.6 is 35.7 Å². The molecule has 1 saturated carbocycles. The van der Waals surface area contributed by atoms with Gasteiger partial charge in [0.15, 0.2) is 5.96 Å². The highest BCUT2D eigenvalue weighted by Crippen LogP contribution is 2.28. The second-order valence-electron chi connectivity index (χ2n) is 5.84. The number of sulfonamides is 1. The first-order chi connectivity index (χ1) is 10.5. The lowest BCUT2D eigenvalue weighted by Gasteiger charge is -2.18. The third kappa shape index (κ3) is 6.58. The summed E-state index contributed by atoms with van der Waals surface area (Å²) in [5.74, 6) is 1.10. The molecule has 136 valence electrons. The standard InChI is InChI=1S/C14H28N4O2S2.HI/c1-3-15-14(17-12-5-6-13(11-12)21-2)16-7-9-18-8-4-10-22(18,19)20;/h12-13H,3-11H2,1-2H3,(H2,15,16,17);1H. The van der Waals surface area contributed by atoms with Gasteiger partial charge in [-0.25, -0.2) is 12.7 Å². The van der Waals surface area contributed by atoms with Crippen molar-refractivity contribution < 1.29 is 8.42 Å². The van der Waals surface area contributed by atoms with Crippen LogP contribution < -0.4 is 10.6 Å². The molecule has 1 aliphatic heterocycles. The summed E-state index contributed by atoms with van der Waals surface area (Å²) in [5, 5.41) is 7.48. The first-order valence-electron chi connectivity index (χ1n) is 8.10. The zero-order valence-corrected chi connectivity index (χ0v) is 17.9. The Labute approximate surface area is 161 Å². The van der Waals surface area contributed by atoms with E-state index in [1.165, 1.54) is 19.3 Å². The van der Waals surface area contributed by atoms with Gasteiger partial charge in [-0.3, -0.25) is 4.99 Å². The lowest BCUT2D eigenvalue weighted by molar-refractivity contribution is 0.451. The highest BCUT2D eigenvalue weighted by Gasteiger charge is 2.27. The molecule has 23 heavy (non-hydrogen) atoms. The van der Waals surface area contributed by atoms with E-state index in [2.05, 4.69) is 21.9 Å². The van der Waals surface area contributed by atoms with Crippen LogP contribution in [0.2, 0.25) is 0 Å². The Hall–Kier alpha value is 0.260. The highest BCUT2D eigenvalue weighted by molar-refractivity contribution is 14.0. The Balaban J connectivity index is 0.00000264. The Bertz CT molecular complexity index is 487. The highest BCUT2D eigenvalue weighted by atomic mass is 127. The molecule has 1 saturated heterocycles. The molecule has 0 radical (unpaired) electrons. The molecule has 2 rings (SSSR count). The molecule has 2 unspecified atom stereocenters. The minimum atomic E-state index is -3.01. The molecule has 2 fully saturated rings. The quantitative estimate of drug-likeness (QED) is 0.345. The van der Waals surface area contributed by atoms with Gasteiger partial charge in [-0.05, 0) is 38.9 Å². The van der Waals surface area contributed by atoms with Gasteiger partial charge in [0.2, 0.25) is 10.0 Å². The molecule has 0 aromatic rings. The van der Waals surface area contributed by atoms with Crippen LogP contribution in [0.1, 0.15) is 32.6 Å². The van der Waals surface area contributed by atoms with Gasteiger partial charge in [-0.15, -0.1) is 24.0 Å². The average molecular weight is 476 g/mol. The normalized spacial score (nSPS) is 27.7. The van der Waals surface area contributed by atoms with E-state index in [4.69, 9.17) is 0 Å². The third-order valence-electron chi connectivity index (χ3n) is 4.23. The van der Waals surface area contributed by atoms with E-state index in [0.717, 1.165) is 24.2 Å². The SMILES string of the molecule is CCNC(=NCCN1CCCS1(=O)=O)NC1CCC(SC)C1.I. The minimum Gasteiger partial charge on any atom is -0.357 e. The fourth-order valence-electron chi connectivity index (χ4n) is 3.01. The fourth-order valence-corrected chi connectivity index (χ4v) is 5.33. The van der Waals surface area contributed by atoms with Crippen LogP contribution in [0.4, 0.5) is 0 Å². The molecule has 0 amide bonds. The van der Waals surface area contributed by atoms with E-state index in [1.807, 2.05) is 18.7 Å². The van der Waals surface area contributed by atoms with Crippen molar-refractivity contribution in [1.29, 1.82) is 0 Å². The molecule has 0 aromatic heterocycles. The van der Waals surface area contributed by atoms with Gasteiger partial charge < -0.3 is 10.6 Å². The van der Waals surface area contributed by atoms with Gasteiger partial charge in [0, 0.05) is 30.9 Å². The molecular formula is C14H29IN4O2S2. The van der Waals surface area contributed by atoms with Gasteiger partial charge in [-0.2, -0.15) is 11.8 Å². The summed E-state index contributed by atoms with van der Waals surface area (Å²) in [6, 6.07) is 0.478. The Morgan fingerprint density at radius 3 is 2.74 bits per heavy atom. The topological polar surface area (TPSA) is 73.8 Å². The number of nitrogens with zero attached hydrogens (tertiary/aromatic N) is 2. The predicted octanol–water partition coefficient (Wildman–Crippen LogP) is 1.48. The predicted molar refractivity (Wildman–Crippen MR) is 109 cm³/mol. The first kappa shape index (κ1) is 21.3. The lowest BCUT2D eigenvalue weighted by Crippen LogP contribution is -2.43. The van der Waals surface area contributed by atoms with Crippen molar-refractivity contribution in [3.8, 4) is 0 Å². The van der Waals surface area contributed by atoms with Gasteiger partial charge >= 0.3 is 0 Å². The maximum absolute atomic E-state index is 11.8. The van der Waals surface area contributed by atoms with Gasteiger partial charge in [-0.1, -0.05) is 0 Å². The molecule has 0 bridgehead atoms. The Kier molecular flexibility index (Phi) is 9.54. The summed E-state index contributed by atoms with van der Waals surface area (Å²) in [6.45, 7) is 4.48. The van der Waals surface area contributed by atoms with Gasteiger partial charge in [0.1, 0.15) is 0 Å². The summed E-state index contributed by atoms with van der Waals surface area (Å²) in [6.07, 6.45) is 6.51. The maximum atomic E-state index is 11.8. The lowest BCUT2D eigenvalue weighted by atomic mass is 10.2. The number of thioether (sulfide) groups is 1. The molecule has 6 nitrogen and oxygen atoms in total. The van der Waals surface area contributed by atoms with Crippen molar-refractivity contribution in [1.82, 2.24) is 14.9 Å². The van der Waals surface area contributed by atoms with E-state index < -0.39 is 10.0 Å². The third-order valence-corrected chi connectivity index (χ3v) is 7.28. The zero-order valence-electron chi connectivity index (χ0n) is 14.0. The summed E-state index contributed by atoms with van der Waals surface area (Å²) < 4.78 is 25.1. The van der Waals surface area contributed by atoms with Crippen LogP contribution in [-0.2, 0) is 10.0 Å². The molecule has 2 atom stereocenters. The summed E-state index contributed by atoms with van der Waals surface area (Å²) in [7, 11) is -3.01. The number of halogens is 1. The Morgan fingerprint density at radius 1 is 1.39 bits per heavy atom. The van der Waals surface area contributed by atoms with Gasteiger partial charge in [0.25, 0.3) is 0 Å². The Morgan fingerprint density at radius 2 is 2.17 bits per heavy atom. The van der Waals surface area contributed by atoms with E-state index in [9.17, 15) is 8.42 Å². The van der Waals surface area contributed by atoms with Crippen LogP contribution in [0.3, 0.4) is 0 Å². The van der Waals surface area contributed by atoms with Crippen LogP contribution in [0.15, 0.2) is 4.99 Å². The van der Waals surface area contributed by atoms with Crippen LogP contribution in [-0.4, -0.2) is 68.2 Å². The molecular weight excluding hydrogens is 447 g/mol. The second kappa shape index (κ2) is 10.3. The largest absolute Gasteiger partial charge is 0.357 e. The first-order valence-corrected chi connectivity index (χ1v) is 11.0. The van der Waals surface area contributed by atoms with Gasteiger partial charge in [0.05, 0.1) is 12.3 Å². The number of guanidine groups is 1. The minimum absolute atomic E-state index is 0. The summed E-state index contributed by atoms with van der Waals surface area (Å²) >= 11 is 1.94. The molecule has 0 spiro atoms. The summed E-state index contributed by atoms with van der Waals surface area (Å²) in [5.41, 5.74) is 0. The molecule has 9 heteroatoms. The molecule has 2 N–H and O–H groups in total. The van der Waals surface area contributed by atoms with Crippen molar-refractivity contribution in [3.63, 3.8) is 0 Å². The fraction of sp³-hybridized carbons (Fsp3) is 0.929. The maximum Gasteiger partial charge on any atom is 0.214 e. The number of aliphatic imine (C=N–C) groups is 1. The molecule has 1 heterocycles. The van der Waals surface area contributed by atoms with E-state index in [0.29, 0.717) is 25.7 Å². The van der Waals surface area contributed by atoms with E-state index >= 15 is 0 Å². The molecule has 2 aliphatic rings. The van der Waals surface area contributed by atoms with E-state index in [-0.39, 0.29) is 29.7 Å². The van der Waals surface area contributed by atoms with Crippen molar-refractivity contribution in [2.45, 2.75) is 43.9 Å². The smallest absolute Gasteiger partial charge is 0.214 e. The number of hydrogen-bond acceptors (Lipinski definition) is 4. The monoisotopic (exact) mass is 476 g/mol. The summed E-state index contributed by atoms with van der Waals surface area (Å²) in [4.78, 5) is 4.54. The molecule has 1 aliphatic carbocycles.